The zero-order chi connectivity index (χ0) is 27.9. The highest BCUT2D eigenvalue weighted by Gasteiger charge is 2.32. The summed E-state index contributed by atoms with van der Waals surface area (Å²) in [6.07, 6.45) is 0.741. The maximum absolute atomic E-state index is 13.9. The Morgan fingerprint density at radius 1 is 0.921 bits per heavy atom. The van der Waals surface area contributed by atoms with Gasteiger partial charge in [0.05, 0.1) is 10.6 Å². The van der Waals surface area contributed by atoms with Gasteiger partial charge in [-0.15, -0.1) is 0 Å². The number of carbonyl (C=O) groups excluding carboxylic acids is 2. The molecule has 7 nitrogen and oxygen atoms in total. The first-order valence-electron chi connectivity index (χ1n) is 12.5. The second-order valence-electron chi connectivity index (χ2n) is 9.24. The van der Waals surface area contributed by atoms with Crippen LogP contribution in [0.4, 0.5) is 5.69 Å². The van der Waals surface area contributed by atoms with Gasteiger partial charge in [0.2, 0.25) is 11.8 Å². The monoisotopic (exact) mass is 555 g/mol. The first kappa shape index (κ1) is 29.2. The summed E-state index contributed by atoms with van der Waals surface area (Å²) < 4.78 is 28.5. The molecule has 0 fully saturated rings. The van der Waals surface area contributed by atoms with Gasteiger partial charge in [-0.05, 0) is 74.7 Å². The Balaban J connectivity index is 2.01. The molecule has 0 heterocycles. The molecule has 2 amide bonds. The second kappa shape index (κ2) is 12.9. The number of rotatable bonds is 11. The topological polar surface area (TPSA) is 86.8 Å². The van der Waals surface area contributed by atoms with Gasteiger partial charge >= 0.3 is 0 Å². The van der Waals surface area contributed by atoms with Crippen molar-refractivity contribution < 1.29 is 18.0 Å². The summed E-state index contributed by atoms with van der Waals surface area (Å²) in [7, 11) is -4.12. The smallest absolute Gasteiger partial charge is 0.264 e. The van der Waals surface area contributed by atoms with E-state index in [0.717, 1.165) is 21.9 Å². The van der Waals surface area contributed by atoms with Crippen molar-refractivity contribution in [3.8, 4) is 0 Å². The van der Waals surface area contributed by atoms with Crippen LogP contribution in [0.3, 0.4) is 0 Å². The summed E-state index contributed by atoms with van der Waals surface area (Å²) in [5.74, 6) is -0.797. The van der Waals surface area contributed by atoms with E-state index in [-0.39, 0.29) is 23.4 Å². The Morgan fingerprint density at radius 2 is 1.53 bits per heavy atom. The molecule has 3 aromatic carbocycles. The first-order valence-corrected chi connectivity index (χ1v) is 14.3. The molecule has 0 aliphatic carbocycles. The van der Waals surface area contributed by atoms with E-state index in [4.69, 9.17) is 11.6 Å². The van der Waals surface area contributed by atoms with Crippen LogP contribution in [0.15, 0.2) is 83.8 Å². The number of para-hydroxylation sites is 1. The molecule has 202 valence electrons. The van der Waals surface area contributed by atoms with Crippen LogP contribution in [0.1, 0.15) is 38.3 Å². The lowest BCUT2D eigenvalue weighted by Gasteiger charge is -2.32. The summed E-state index contributed by atoms with van der Waals surface area (Å²) in [6.45, 7) is 7.13. The van der Waals surface area contributed by atoms with Crippen molar-refractivity contribution in [2.45, 2.75) is 57.6 Å². The SMILES string of the molecule is CC[C@@H](C)NC(=O)[C@H](C)N(Cc1ccccc1C)C(=O)CN(c1ccccc1)S(=O)(=O)c1ccc(Cl)cc1. The molecule has 0 aliphatic heterocycles. The average Bonchev–Trinajstić information content (AvgIpc) is 2.91. The molecule has 1 N–H and O–H groups in total. The average molecular weight is 556 g/mol. The van der Waals surface area contributed by atoms with Gasteiger partial charge < -0.3 is 10.2 Å². The summed E-state index contributed by atoms with van der Waals surface area (Å²) >= 11 is 5.98. The van der Waals surface area contributed by atoms with Crippen LogP contribution in [-0.2, 0) is 26.2 Å². The fourth-order valence-electron chi connectivity index (χ4n) is 3.88. The number of carbonyl (C=O) groups is 2. The van der Waals surface area contributed by atoms with Crippen LogP contribution in [0, 0.1) is 6.92 Å². The minimum atomic E-state index is -4.12. The van der Waals surface area contributed by atoms with Crippen LogP contribution < -0.4 is 9.62 Å². The van der Waals surface area contributed by atoms with Crippen molar-refractivity contribution in [3.05, 3.63) is 95.0 Å². The van der Waals surface area contributed by atoms with E-state index >= 15 is 0 Å². The standard InChI is InChI=1S/C29H34ClN3O4S/c1-5-22(3)31-29(35)23(4)32(19-24-12-10-9-11-21(24)2)28(34)20-33(26-13-7-6-8-14-26)38(36,37)27-17-15-25(30)16-18-27/h6-18,22-23H,5,19-20H2,1-4H3,(H,31,35)/t22-,23+/m1/s1. The van der Waals surface area contributed by atoms with Gasteiger partial charge in [0.15, 0.2) is 0 Å². The van der Waals surface area contributed by atoms with Crippen LogP contribution in [-0.4, -0.2) is 43.8 Å². The predicted octanol–water partition coefficient (Wildman–Crippen LogP) is 5.18. The van der Waals surface area contributed by atoms with E-state index in [1.54, 1.807) is 37.3 Å². The number of sulfonamides is 1. The maximum atomic E-state index is 13.9. The quantitative estimate of drug-likeness (QED) is 0.353. The molecule has 2 atom stereocenters. The third kappa shape index (κ3) is 7.14. The molecule has 0 aromatic heterocycles. The molecule has 0 saturated heterocycles. The minimum absolute atomic E-state index is 0.00608. The molecule has 9 heteroatoms. The largest absolute Gasteiger partial charge is 0.352 e. The molecule has 3 rings (SSSR count). The molecular weight excluding hydrogens is 522 g/mol. The number of halogens is 1. The molecule has 38 heavy (non-hydrogen) atoms. The van der Waals surface area contributed by atoms with Gasteiger partial charge in [0.25, 0.3) is 10.0 Å². The van der Waals surface area contributed by atoms with E-state index < -0.39 is 28.5 Å². The zero-order valence-electron chi connectivity index (χ0n) is 22.1. The number of nitrogens with zero attached hydrogens (tertiary/aromatic N) is 2. The summed E-state index contributed by atoms with van der Waals surface area (Å²) in [6, 6.07) is 21.0. The molecule has 0 spiro atoms. The van der Waals surface area contributed by atoms with Gasteiger partial charge in [-0.1, -0.05) is 61.0 Å². The van der Waals surface area contributed by atoms with E-state index in [2.05, 4.69) is 5.32 Å². The number of nitrogens with one attached hydrogen (secondary N) is 1. The summed E-state index contributed by atoms with van der Waals surface area (Å²) in [5.41, 5.74) is 2.17. The highest BCUT2D eigenvalue weighted by Crippen LogP contribution is 2.25. The Morgan fingerprint density at radius 3 is 2.13 bits per heavy atom. The van der Waals surface area contributed by atoms with Gasteiger partial charge in [-0.3, -0.25) is 13.9 Å². The molecule has 0 aliphatic rings. The number of hydrogen-bond acceptors (Lipinski definition) is 4. The van der Waals surface area contributed by atoms with E-state index in [1.165, 1.54) is 29.2 Å². The van der Waals surface area contributed by atoms with Crippen LogP contribution >= 0.6 is 11.6 Å². The minimum Gasteiger partial charge on any atom is -0.352 e. The lowest BCUT2D eigenvalue weighted by Crippen LogP contribution is -2.52. The molecular formula is C29H34ClN3O4S. The lowest BCUT2D eigenvalue weighted by molar-refractivity contribution is -0.139. The van der Waals surface area contributed by atoms with Crippen molar-refractivity contribution in [2.24, 2.45) is 0 Å². The van der Waals surface area contributed by atoms with Crippen molar-refractivity contribution in [2.75, 3.05) is 10.8 Å². The Bertz CT molecular complexity index is 1350. The van der Waals surface area contributed by atoms with Crippen LogP contribution in [0.2, 0.25) is 5.02 Å². The van der Waals surface area contributed by atoms with E-state index in [9.17, 15) is 18.0 Å². The van der Waals surface area contributed by atoms with Crippen molar-refractivity contribution in [3.63, 3.8) is 0 Å². The van der Waals surface area contributed by atoms with Gasteiger partial charge in [0.1, 0.15) is 12.6 Å². The highest BCUT2D eigenvalue weighted by atomic mass is 35.5. The highest BCUT2D eigenvalue weighted by molar-refractivity contribution is 7.92. The van der Waals surface area contributed by atoms with Gasteiger partial charge in [-0.25, -0.2) is 8.42 Å². The molecule has 3 aromatic rings. The van der Waals surface area contributed by atoms with E-state index in [0.29, 0.717) is 10.7 Å². The Labute approximate surface area is 230 Å². The fraction of sp³-hybridized carbons (Fsp3) is 0.310. The van der Waals surface area contributed by atoms with Crippen LogP contribution in [0.5, 0.6) is 0 Å². The third-order valence-corrected chi connectivity index (χ3v) is 8.54. The van der Waals surface area contributed by atoms with Gasteiger partial charge in [-0.2, -0.15) is 0 Å². The summed E-state index contributed by atoms with van der Waals surface area (Å²) in [4.78, 5) is 28.4. The van der Waals surface area contributed by atoms with Crippen LogP contribution in [0.25, 0.3) is 0 Å². The maximum Gasteiger partial charge on any atom is 0.264 e. The number of aryl methyl sites for hydroxylation is 1. The molecule has 0 bridgehead atoms. The number of anilines is 1. The number of benzene rings is 3. The van der Waals surface area contributed by atoms with Crippen molar-refractivity contribution >= 4 is 39.1 Å². The Kier molecular flexibility index (Phi) is 9.94. The molecule has 0 saturated carbocycles. The first-order chi connectivity index (χ1) is 18.0. The third-order valence-electron chi connectivity index (χ3n) is 6.49. The number of amides is 2. The Hall–Kier alpha value is -3.36. The van der Waals surface area contributed by atoms with E-state index in [1.807, 2.05) is 45.0 Å². The summed E-state index contributed by atoms with van der Waals surface area (Å²) in [5, 5.41) is 3.33. The fourth-order valence-corrected chi connectivity index (χ4v) is 5.42. The van der Waals surface area contributed by atoms with Crippen molar-refractivity contribution in [1.29, 1.82) is 0 Å². The van der Waals surface area contributed by atoms with Gasteiger partial charge in [0, 0.05) is 17.6 Å². The molecule has 0 unspecified atom stereocenters. The predicted molar refractivity (Wildman–Crippen MR) is 152 cm³/mol. The second-order valence-corrected chi connectivity index (χ2v) is 11.5. The lowest BCUT2D eigenvalue weighted by atomic mass is 10.1. The normalized spacial score (nSPS) is 12.9. The zero-order valence-corrected chi connectivity index (χ0v) is 23.7. The molecule has 0 radical (unpaired) electrons. The van der Waals surface area contributed by atoms with Crippen molar-refractivity contribution in [1.82, 2.24) is 10.2 Å². The number of hydrogen-bond donors (Lipinski definition) is 1.